The van der Waals surface area contributed by atoms with Gasteiger partial charge in [0.2, 0.25) is 0 Å². The lowest BCUT2D eigenvalue weighted by molar-refractivity contribution is 1.12. The van der Waals surface area contributed by atoms with E-state index in [1.165, 1.54) is 0 Å². The van der Waals surface area contributed by atoms with Crippen LogP contribution in [-0.4, -0.2) is 30.1 Å². The van der Waals surface area contributed by atoms with Crippen molar-refractivity contribution < 1.29 is 0 Å². The van der Waals surface area contributed by atoms with E-state index in [4.69, 9.17) is 4.98 Å². The fraction of sp³-hybridized carbons (Fsp3) is 0. The summed E-state index contributed by atoms with van der Waals surface area (Å²) in [6.07, 6.45) is 5.40. The van der Waals surface area contributed by atoms with E-state index < -0.39 is 0 Å². The van der Waals surface area contributed by atoms with Gasteiger partial charge in [0.15, 0.2) is 0 Å². The number of H-pyrrole nitrogens is 2. The highest BCUT2D eigenvalue weighted by atomic mass is 15.1. The zero-order valence-corrected chi connectivity index (χ0v) is 15.9. The molecule has 0 unspecified atom stereocenters. The van der Waals surface area contributed by atoms with Crippen LogP contribution >= 0.6 is 0 Å². The quantitative estimate of drug-likeness (QED) is 0.435. The molecule has 0 amide bonds. The Morgan fingerprint density at radius 2 is 1.67 bits per heavy atom. The first-order chi connectivity index (χ1) is 14.9. The highest BCUT2D eigenvalue weighted by Gasteiger charge is 2.15. The van der Waals surface area contributed by atoms with Gasteiger partial charge in [-0.2, -0.15) is 5.10 Å². The third-order valence-corrected chi connectivity index (χ3v) is 5.25. The van der Waals surface area contributed by atoms with Gasteiger partial charge in [-0.3, -0.25) is 15.1 Å². The number of hydrogen-bond acceptors (Lipinski definition) is 4. The topological polar surface area (TPSA) is 83.1 Å². The van der Waals surface area contributed by atoms with Crippen molar-refractivity contribution in [1.82, 2.24) is 30.1 Å². The maximum atomic E-state index is 4.85. The molecule has 2 N–H and O–H groups in total. The van der Waals surface area contributed by atoms with Crippen LogP contribution in [0.3, 0.4) is 0 Å². The van der Waals surface area contributed by atoms with Crippen LogP contribution in [0.15, 0.2) is 85.3 Å². The number of hydrogen-bond donors (Lipinski definition) is 2. The molecule has 142 valence electrons. The highest BCUT2D eigenvalue weighted by molar-refractivity contribution is 6.00. The van der Waals surface area contributed by atoms with Crippen LogP contribution in [-0.2, 0) is 0 Å². The largest absolute Gasteiger partial charge is 0.353 e. The van der Waals surface area contributed by atoms with Crippen LogP contribution in [0.25, 0.3) is 55.8 Å². The van der Waals surface area contributed by atoms with Crippen molar-refractivity contribution in [1.29, 1.82) is 0 Å². The third-order valence-electron chi connectivity index (χ3n) is 5.25. The number of nitrogens with one attached hydrogen (secondary N) is 2. The maximum Gasteiger partial charge on any atom is 0.135 e. The summed E-state index contributed by atoms with van der Waals surface area (Å²) in [6, 6.07) is 22.2. The van der Waals surface area contributed by atoms with Crippen LogP contribution in [0, 0.1) is 0 Å². The highest BCUT2D eigenvalue weighted by Crippen LogP contribution is 2.33. The third kappa shape index (κ3) is 2.66. The summed E-state index contributed by atoms with van der Waals surface area (Å²) in [5, 5.41) is 8.78. The number of fused-ring (bicyclic) bond motifs is 2. The van der Waals surface area contributed by atoms with Gasteiger partial charge in [0.1, 0.15) is 11.2 Å². The van der Waals surface area contributed by atoms with E-state index in [1.54, 1.807) is 6.20 Å². The van der Waals surface area contributed by atoms with Crippen molar-refractivity contribution in [3.8, 4) is 33.9 Å². The Morgan fingerprint density at radius 3 is 2.53 bits per heavy atom. The van der Waals surface area contributed by atoms with Crippen molar-refractivity contribution in [3.05, 3.63) is 85.3 Å². The van der Waals surface area contributed by atoms with E-state index in [0.29, 0.717) is 0 Å². The molecule has 1 aromatic carbocycles. The van der Waals surface area contributed by atoms with Crippen molar-refractivity contribution in [2.24, 2.45) is 0 Å². The predicted octanol–water partition coefficient (Wildman–Crippen LogP) is 5.23. The molecule has 6 nitrogen and oxygen atoms in total. The molecule has 6 heteroatoms. The molecule has 0 saturated carbocycles. The fourth-order valence-electron chi connectivity index (χ4n) is 3.81. The lowest BCUT2D eigenvalue weighted by Crippen LogP contribution is -1.87. The van der Waals surface area contributed by atoms with Gasteiger partial charge < -0.3 is 4.98 Å². The Kier molecular flexibility index (Phi) is 3.67. The minimum Gasteiger partial charge on any atom is -0.353 e. The van der Waals surface area contributed by atoms with E-state index in [-0.39, 0.29) is 0 Å². The summed E-state index contributed by atoms with van der Waals surface area (Å²) in [5.74, 6) is 0. The smallest absolute Gasteiger partial charge is 0.135 e. The normalized spacial score (nSPS) is 11.3. The van der Waals surface area contributed by atoms with Crippen molar-refractivity contribution in [2.75, 3.05) is 0 Å². The summed E-state index contributed by atoms with van der Waals surface area (Å²) in [7, 11) is 0. The van der Waals surface area contributed by atoms with E-state index in [2.05, 4.69) is 49.4 Å². The summed E-state index contributed by atoms with van der Waals surface area (Å²) in [5.41, 5.74) is 8.40. The number of pyridine rings is 3. The van der Waals surface area contributed by atoms with Gasteiger partial charge >= 0.3 is 0 Å². The number of aromatic nitrogens is 6. The van der Waals surface area contributed by atoms with Gasteiger partial charge in [0.25, 0.3) is 0 Å². The van der Waals surface area contributed by atoms with E-state index in [1.807, 2.05) is 54.9 Å². The van der Waals surface area contributed by atoms with Crippen molar-refractivity contribution in [3.63, 3.8) is 0 Å². The van der Waals surface area contributed by atoms with Gasteiger partial charge in [-0.15, -0.1) is 0 Å². The zero-order chi connectivity index (χ0) is 19.9. The lowest BCUT2D eigenvalue weighted by Gasteiger charge is -2.02. The van der Waals surface area contributed by atoms with E-state index in [9.17, 15) is 0 Å². The first kappa shape index (κ1) is 16.6. The molecule has 6 rings (SSSR count). The van der Waals surface area contributed by atoms with E-state index >= 15 is 0 Å². The molecule has 30 heavy (non-hydrogen) atoms. The Morgan fingerprint density at radius 1 is 0.733 bits per heavy atom. The number of rotatable bonds is 3. The molecule has 6 aromatic rings. The number of aromatic amines is 2. The molecular weight excluding hydrogens is 372 g/mol. The molecule has 0 saturated heterocycles. The Labute approximate surface area is 171 Å². The fourth-order valence-corrected chi connectivity index (χ4v) is 3.81. The minimum absolute atomic E-state index is 0.791. The molecule has 0 bridgehead atoms. The van der Waals surface area contributed by atoms with Crippen LogP contribution in [0.1, 0.15) is 0 Å². The molecular formula is C24H16N6. The SMILES string of the molecule is c1ccc(-c2ccc3[nH]nc(-c4cc5c(-c6ccncc6)cccc5[nH]4)c3n2)nc1. The molecule has 5 aromatic heterocycles. The molecule has 0 aliphatic carbocycles. The minimum atomic E-state index is 0.791. The van der Waals surface area contributed by atoms with Gasteiger partial charge in [-0.1, -0.05) is 18.2 Å². The molecule has 0 aliphatic heterocycles. The van der Waals surface area contributed by atoms with Crippen LogP contribution in [0.5, 0.6) is 0 Å². The number of nitrogens with zero attached hydrogens (tertiary/aromatic N) is 4. The van der Waals surface area contributed by atoms with Gasteiger partial charge in [-0.05, 0) is 59.7 Å². The zero-order valence-electron chi connectivity index (χ0n) is 15.9. The molecule has 5 heterocycles. The lowest BCUT2D eigenvalue weighted by atomic mass is 10.0. The standard InChI is InChI=1S/C24H16N6/c1-2-11-26-19(5-1)20-7-8-21-23(28-20)24(30-29-21)22-14-17-16(4-3-6-18(17)27-22)15-9-12-25-13-10-15/h1-14,27H,(H,29,30). The maximum absolute atomic E-state index is 4.85. The number of benzene rings is 1. The monoisotopic (exact) mass is 388 g/mol. The average molecular weight is 388 g/mol. The summed E-state index contributed by atoms with van der Waals surface area (Å²) < 4.78 is 0. The van der Waals surface area contributed by atoms with Crippen LogP contribution in [0.4, 0.5) is 0 Å². The van der Waals surface area contributed by atoms with Crippen molar-refractivity contribution >= 4 is 21.9 Å². The molecule has 0 atom stereocenters. The summed E-state index contributed by atoms with van der Waals surface area (Å²) in [6.45, 7) is 0. The Bertz CT molecular complexity index is 1480. The second kappa shape index (κ2) is 6.63. The molecule has 0 radical (unpaired) electrons. The summed E-state index contributed by atoms with van der Waals surface area (Å²) >= 11 is 0. The van der Waals surface area contributed by atoms with Crippen LogP contribution in [0.2, 0.25) is 0 Å². The Balaban J connectivity index is 1.52. The predicted molar refractivity (Wildman–Crippen MR) is 118 cm³/mol. The first-order valence-corrected chi connectivity index (χ1v) is 9.66. The second-order valence-electron chi connectivity index (χ2n) is 7.07. The van der Waals surface area contributed by atoms with Crippen molar-refractivity contribution in [2.45, 2.75) is 0 Å². The average Bonchev–Trinajstić information content (AvgIpc) is 3.43. The van der Waals surface area contributed by atoms with Gasteiger partial charge in [0.05, 0.1) is 22.6 Å². The van der Waals surface area contributed by atoms with E-state index in [0.717, 1.165) is 55.8 Å². The molecule has 0 fully saturated rings. The molecule has 0 aliphatic rings. The van der Waals surface area contributed by atoms with Crippen LogP contribution < -0.4 is 0 Å². The van der Waals surface area contributed by atoms with Gasteiger partial charge in [-0.25, -0.2) is 4.98 Å². The first-order valence-electron chi connectivity index (χ1n) is 9.66. The summed E-state index contributed by atoms with van der Waals surface area (Å²) in [4.78, 5) is 16.9. The second-order valence-corrected chi connectivity index (χ2v) is 7.07. The van der Waals surface area contributed by atoms with Gasteiger partial charge in [0, 0.05) is 29.5 Å². The Hall–Kier alpha value is -4.32. The molecule has 0 spiro atoms.